The van der Waals surface area contributed by atoms with Gasteiger partial charge in [-0.15, -0.1) is 0 Å². The Kier molecular flexibility index (Phi) is 5.83. The van der Waals surface area contributed by atoms with E-state index in [0.717, 1.165) is 30.0 Å². The summed E-state index contributed by atoms with van der Waals surface area (Å²) in [6.07, 6.45) is 3.31. The first-order valence-electron chi connectivity index (χ1n) is 9.55. The number of anilines is 2. The summed E-state index contributed by atoms with van der Waals surface area (Å²) >= 11 is 6.34. The number of nitrogen functional groups attached to an aromatic ring is 1. The molecule has 0 atom stereocenters. The number of aromatic nitrogens is 2. The van der Waals surface area contributed by atoms with Crippen LogP contribution >= 0.6 is 11.6 Å². The van der Waals surface area contributed by atoms with E-state index in [0.29, 0.717) is 46.6 Å². The number of methoxy groups -OCH3 is 1. The summed E-state index contributed by atoms with van der Waals surface area (Å²) < 4.78 is 10.9. The van der Waals surface area contributed by atoms with Gasteiger partial charge in [-0.1, -0.05) is 17.7 Å². The van der Waals surface area contributed by atoms with Crippen LogP contribution in [0.25, 0.3) is 11.1 Å². The topological polar surface area (TPSA) is 97.4 Å². The van der Waals surface area contributed by atoms with Gasteiger partial charge in [0.1, 0.15) is 16.7 Å². The Balaban J connectivity index is 1.71. The number of nitrogens with two attached hydrogens (primary N) is 1. The molecule has 2 aromatic heterocycles. The predicted octanol–water partition coefficient (Wildman–Crippen LogP) is 3.64. The third-order valence-corrected chi connectivity index (χ3v) is 5.35. The second kappa shape index (κ2) is 8.69. The maximum Gasteiger partial charge on any atom is 0.140 e. The first kappa shape index (κ1) is 20.1. The van der Waals surface area contributed by atoms with Crippen LogP contribution in [0.2, 0.25) is 5.15 Å². The molecule has 0 aliphatic carbocycles. The van der Waals surface area contributed by atoms with Crippen molar-refractivity contribution >= 4 is 28.8 Å². The fourth-order valence-electron chi connectivity index (χ4n) is 3.47. The number of hydrogen-bond acceptors (Lipinski definition) is 7. The molecule has 0 bridgehead atoms. The summed E-state index contributed by atoms with van der Waals surface area (Å²) in [5, 5.41) is 9.13. The minimum absolute atomic E-state index is 0.310. The Morgan fingerprint density at radius 2 is 1.90 bits per heavy atom. The number of halogens is 1. The van der Waals surface area contributed by atoms with Crippen molar-refractivity contribution in [1.29, 1.82) is 5.41 Å². The van der Waals surface area contributed by atoms with Crippen LogP contribution in [0.1, 0.15) is 11.1 Å². The molecule has 0 spiro atoms. The van der Waals surface area contributed by atoms with E-state index in [2.05, 4.69) is 14.9 Å². The van der Waals surface area contributed by atoms with Crippen molar-refractivity contribution in [3.8, 4) is 16.9 Å². The van der Waals surface area contributed by atoms with Gasteiger partial charge in [0.15, 0.2) is 0 Å². The van der Waals surface area contributed by atoms with Gasteiger partial charge in [-0.3, -0.25) is 5.41 Å². The first-order chi connectivity index (χ1) is 14.6. The van der Waals surface area contributed by atoms with Gasteiger partial charge < -0.3 is 20.1 Å². The lowest BCUT2D eigenvalue weighted by Gasteiger charge is -2.28. The number of nitrogens with one attached hydrogen (secondary N) is 1. The van der Waals surface area contributed by atoms with Crippen molar-refractivity contribution in [3.05, 3.63) is 65.1 Å². The van der Waals surface area contributed by atoms with Gasteiger partial charge in [-0.2, -0.15) is 0 Å². The highest BCUT2D eigenvalue weighted by Gasteiger charge is 2.17. The van der Waals surface area contributed by atoms with Gasteiger partial charge in [0.2, 0.25) is 0 Å². The number of hydrogen-bond donors (Lipinski definition) is 2. The van der Waals surface area contributed by atoms with E-state index in [9.17, 15) is 0 Å². The average molecular weight is 424 g/mol. The number of benzene rings is 1. The van der Waals surface area contributed by atoms with Gasteiger partial charge >= 0.3 is 0 Å². The van der Waals surface area contributed by atoms with E-state index in [-0.39, 0.29) is 0 Å². The van der Waals surface area contributed by atoms with Crippen LogP contribution in [0.5, 0.6) is 5.75 Å². The minimum atomic E-state index is 0.310. The molecule has 0 unspecified atom stereocenters. The normalized spacial score (nSPS) is 13.9. The maximum atomic E-state index is 8.80. The van der Waals surface area contributed by atoms with Gasteiger partial charge in [0.25, 0.3) is 0 Å². The highest BCUT2D eigenvalue weighted by Crippen LogP contribution is 2.36. The van der Waals surface area contributed by atoms with Crippen LogP contribution in [-0.2, 0) is 4.74 Å². The molecular weight excluding hydrogens is 402 g/mol. The highest BCUT2D eigenvalue weighted by molar-refractivity contribution is 6.32. The van der Waals surface area contributed by atoms with Crippen molar-refractivity contribution in [2.45, 2.75) is 0 Å². The molecule has 1 saturated heterocycles. The van der Waals surface area contributed by atoms with E-state index in [1.165, 1.54) is 0 Å². The fraction of sp³-hybridized carbons (Fsp3) is 0.227. The molecule has 30 heavy (non-hydrogen) atoms. The van der Waals surface area contributed by atoms with Crippen molar-refractivity contribution in [2.24, 2.45) is 0 Å². The zero-order valence-electron chi connectivity index (χ0n) is 16.6. The van der Waals surface area contributed by atoms with Crippen molar-refractivity contribution in [1.82, 2.24) is 9.97 Å². The van der Waals surface area contributed by atoms with E-state index < -0.39 is 0 Å². The Hall–Kier alpha value is -3.16. The Labute approximate surface area is 179 Å². The van der Waals surface area contributed by atoms with Gasteiger partial charge in [-0.05, 0) is 35.9 Å². The Bertz CT molecular complexity index is 1080. The van der Waals surface area contributed by atoms with Crippen LogP contribution in [0.15, 0.2) is 48.8 Å². The molecule has 4 rings (SSSR count). The standard InChI is InChI=1S/C22H22ClN5O2/c1-29-18-5-7-27-22(23)20(18)14-2-3-17(24)16(12-14)21(25)15-4-6-26-19(13-15)28-8-10-30-11-9-28/h2-7,12-13,25H,8-11,24H2,1H3. The number of ether oxygens (including phenoxy) is 2. The maximum absolute atomic E-state index is 8.80. The molecule has 0 radical (unpaired) electrons. The molecule has 0 amide bonds. The van der Waals surface area contributed by atoms with Crippen molar-refractivity contribution in [3.63, 3.8) is 0 Å². The van der Waals surface area contributed by atoms with E-state index in [1.54, 1.807) is 31.6 Å². The lowest BCUT2D eigenvalue weighted by molar-refractivity contribution is 0.122. The van der Waals surface area contributed by atoms with Crippen LogP contribution in [0.4, 0.5) is 11.5 Å². The number of morpholine rings is 1. The zero-order valence-corrected chi connectivity index (χ0v) is 17.3. The number of pyridine rings is 2. The van der Waals surface area contributed by atoms with Crippen LogP contribution in [0, 0.1) is 5.41 Å². The molecule has 1 aromatic carbocycles. The lowest BCUT2D eigenvalue weighted by atomic mass is 9.96. The third-order valence-electron chi connectivity index (χ3n) is 5.07. The van der Waals surface area contributed by atoms with Crippen LogP contribution < -0.4 is 15.4 Å². The van der Waals surface area contributed by atoms with E-state index >= 15 is 0 Å². The molecule has 0 saturated carbocycles. The molecule has 7 nitrogen and oxygen atoms in total. The Morgan fingerprint density at radius 3 is 2.67 bits per heavy atom. The molecule has 3 aromatic rings. The largest absolute Gasteiger partial charge is 0.496 e. The summed E-state index contributed by atoms with van der Waals surface area (Å²) in [4.78, 5) is 10.8. The molecule has 1 aliphatic heterocycles. The second-order valence-electron chi connectivity index (χ2n) is 6.86. The zero-order chi connectivity index (χ0) is 21.1. The lowest BCUT2D eigenvalue weighted by Crippen LogP contribution is -2.36. The monoisotopic (exact) mass is 423 g/mol. The first-order valence-corrected chi connectivity index (χ1v) is 9.92. The third kappa shape index (κ3) is 3.94. The molecule has 8 heteroatoms. The number of rotatable bonds is 5. The summed E-state index contributed by atoms with van der Waals surface area (Å²) in [6.45, 7) is 2.90. The van der Waals surface area contributed by atoms with Crippen molar-refractivity contribution < 1.29 is 9.47 Å². The summed E-state index contributed by atoms with van der Waals surface area (Å²) in [5.41, 5.74) is 9.84. The average Bonchev–Trinajstić information content (AvgIpc) is 2.79. The quantitative estimate of drug-likeness (QED) is 0.369. The van der Waals surface area contributed by atoms with Gasteiger partial charge in [-0.25, -0.2) is 9.97 Å². The molecule has 1 aliphatic rings. The van der Waals surface area contributed by atoms with Crippen LogP contribution in [0.3, 0.4) is 0 Å². The molecule has 3 heterocycles. The molecular formula is C22H22ClN5O2. The minimum Gasteiger partial charge on any atom is -0.496 e. The molecule has 1 fully saturated rings. The highest BCUT2D eigenvalue weighted by atomic mass is 35.5. The number of nitrogens with zero attached hydrogens (tertiary/aromatic N) is 3. The molecule has 3 N–H and O–H groups in total. The summed E-state index contributed by atoms with van der Waals surface area (Å²) in [7, 11) is 1.58. The second-order valence-corrected chi connectivity index (χ2v) is 7.22. The van der Waals surface area contributed by atoms with Gasteiger partial charge in [0.05, 0.1) is 31.6 Å². The smallest absolute Gasteiger partial charge is 0.140 e. The van der Waals surface area contributed by atoms with Gasteiger partial charge in [0, 0.05) is 42.3 Å². The van der Waals surface area contributed by atoms with E-state index in [4.69, 9.17) is 32.2 Å². The summed E-state index contributed by atoms with van der Waals surface area (Å²) in [6, 6.07) is 10.9. The predicted molar refractivity (Wildman–Crippen MR) is 119 cm³/mol. The summed E-state index contributed by atoms with van der Waals surface area (Å²) in [5.74, 6) is 1.43. The van der Waals surface area contributed by atoms with E-state index in [1.807, 2.05) is 24.3 Å². The fourth-order valence-corrected chi connectivity index (χ4v) is 3.73. The molecule has 154 valence electrons. The van der Waals surface area contributed by atoms with Crippen LogP contribution in [-0.4, -0.2) is 49.1 Å². The SMILES string of the molecule is COc1ccnc(Cl)c1-c1ccc(N)c(C(=N)c2ccnc(N3CCOCC3)c2)c1. The van der Waals surface area contributed by atoms with Crippen molar-refractivity contribution in [2.75, 3.05) is 44.0 Å². The Morgan fingerprint density at radius 1 is 1.13 bits per heavy atom.